The van der Waals surface area contributed by atoms with Crippen molar-refractivity contribution >= 4 is 5.69 Å². The molecule has 1 aromatic heterocycles. The van der Waals surface area contributed by atoms with Crippen molar-refractivity contribution in [1.29, 1.82) is 0 Å². The van der Waals surface area contributed by atoms with Crippen LogP contribution in [0.3, 0.4) is 0 Å². The Morgan fingerprint density at radius 1 is 1.14 bits per heavy atom. The van der Waals surface area contributed by atoms with Gasteiger partial charge >= 0.3 is 0 Å². The van der Waals surface area contributed by atoms with Crippen LogP contribution in [-0.2, 0) is 11.3 Å². The second-order valence-electron chi connectivity index (χ2n) is 4.58. The van der Waals surface area contributed by atoms with E-state index in [1.54, 1.807) is 17.7 Å². The van der Waals surface area contributed by atoms with Gasteiger partial charge in [0.2, 0.25) is 0 Å². The third-order valence-corrected chi connectivity index (χ3v) is 3.18. The average molecular weight is 288 g/mol. The van der Waals surface area contributed by atoms with Gasteiger partial charge in [-0.15, -0.1) is 0 Å². The molecule has 21 heavy (non-hydrogen) atoms. The summed E-state index contributed by atoms with van der Waals surface area (Å²) in [7, 11) is 1.61. The molecule has 0 aliphatic carbocycles. The van der Waals surface area contributed by atoms with Crippen LogP contribution >= 0.6 is 0 Å². The number of pyridine rings is 1. The van der Waals surface area contributed by atoms with E-state index in [0.29, 0.717) is 19.8 Å². The van der Waals surface area contributed by atoms with Crippen LogP contribution in [0.5, 0.6) is 5.75 Å². The maximum Gasteiger partial charge on any atom is 0.274 e. The number of methoxy groups -OCH3 is 1. The van der Waals surface area contributed by atoms with Gasteiger partial charge in [0, 0.05) is 13.7 Å². The highest BCUT2D eigenvalue weighted by atomic mass is 16.5. The largest absolute Gasteiger partial charge is 0.494 e. The van der Waals surface area contributed by atoms with Crippen LogP contribution in [0.15, 0.2) is 41.2 Å². The normalized spacial score (nSPS) is 10.6. The molecule has 5 heteroatoms. The molecule has 2 rings (SSSR count). The van der Waals surface area contributed by atoms with E-state index in [1.165, 1.54) is 0 Å². The van der Waals surface area contributed by atoms with Crippen LogP contribution in [0, 0.1) is 0 Å². The fourth-order valence-electron chi connectivity index (χ4n) is 2.14. The van der Waals surface area contributed by atoms with Crippen molar-refractivity contribution in [3.63, 3.8) is 0 Å². The lowest BCUT2D eigenvalue weighted by molar-refractivity contribution is 0.186. The Morgan fingerprint density at radius 2 is 1.86 bits per heavy atom. The smallest absolute Gasteiger partial charge is 0.274 e. The van der Waals surface area contributed by atoms with Crippen molar-refractivity contribution in [2.45, 2.75) is 13.5 Å². The Hall–Kier alpha value is -2.27. The van der Waals surface area contributed by atoms with Crippen LogP contribution < -0.4 is 16.0 Å². The molecule has 0 aliphatic rings. The van der Waals surface area contributed by atoms with Gasteiger partial charge < -0.3 is 19.8 Å². The van der Waals surface area contributed by atoms with Gasteiger partial charge in [-0.05, 0) is 48.9 Å². The SMILES string of the molecule is CCOc1ccc(-c2ccc(N)c(=O)n2CCOC)cc1. The summed E-state index contributed by atoms with van der Waals surface area (Å²) in [5, 5.41) is 0. The summed E-state index contributed by atoms with van der Waals surface area (Å²) in [6.07, 6.45) is 0. The second-order valence-corrected chi connectivity index (χ2v) is 4.58. The summed E-state index contributed by atoms with van der Waals surface area (Å²) in [6, 6.07) is 11.1. The molecule has 112 valence electrons. The molecule has 0 saturated carbocycles. The molecular weight excluding hydrogens is 268 g/mol. The minimum Gasteiger partial charge on any atom is -0.494 e. The highest BCUT2D eigenvalue weighted by Crippen LogP contribution is 2.22. The van der Waals surface area contributed by atoms with E-state index in [4.69, 9.17) is 15.2 Å². The van der Waals surface area contributed by atoms with Crippen molar-refractivity contribution < 1.29 is 9.47 Å². The summed E-state index contributed by atoms with van der Waals surface area (Å²) in [5.74, 6) is 0.808. The number of rotatable bonds is 6. The monoisotopic (exact) mass is 288 g/mol. The molecule has 0 radical (unpaired) electrons. The molecule has 0 unspecified atom stereocenters. The maximum absolute atomic E-state index is 12.2. The second kappa shape index (κ2) is 6.95. The van der Waals surface area contributed by atoms with Crippen LogP contribution in [0.4, 0.5) is 5.69 Å². The number of hydrogen-bond donors (Lipinski definition) is 1. The topological polar surface area (TPSA) is 66.5 Å². The molecule has 0 bridgehead atoms. The number of anilines is 1. The predicted octanol–water partition coefficient (Wildman–Crippen LogP) is 2.14. The van der Waals surface area contributed by atoms with Gasteiger partial charge in [0.1, 0.15) is 5.75 Å². The van der Waals surface area contributed by atoms with E-state index in [2.05, 4.69) is 0 Å². The van der Waals surface area contributed by atoms with Crippen molar-refractivity contribution in [3.8, 4) is 17.0 Å². The molecule has 1 aromatic carbocycles. The molecule has 1 heterocycles. The summed E-state index contributed by atoms with van der Waals surface area (Å²) in [5.41, 5.74) is 7.50. The predicted molar refractivity (Wildman–Crippen MR) is 83.6 cm³/mol. The molecule has 0 amide bonds. The van der Waals surface area contributed by atoms with Gasteiger partial charge in [0.05, 0.1) is 24.6 Å². The van der Waals surface area contributed by atoms with Crippen molar-refractivity contribution in [1.82, 2.24) is 4.57 Å². The van der Waals surface area contributed by atoms with Gasteiger partial charge in [0.25, 0.3) is 5.56 Å². The standard InChI is InChI=1S/C16H20N2O3/c1-3-21-13-6-4-12(5-7-13)15-9-8-14(17)16(19)18(15)10-11-20-2/h4-9H,3,10-11,17H2,1-2H3. The molecule has 5 nitrogen and oxygen atoms in total. The van der Waals surface area contributed by atoms with E-state index in [-0.39, 0.29) is 11.2 Å². The van der Waals surface area contributed by atoms with Gasteiger partial charge in [-0.25, -0.2) is 0 Å². The summed E-state index contributed by atoms with van der Waals surface area (Å²) >= 11 is 0. The minimum atomic E-state index is -0.196. The molecule has 0 saturated heterocycles. The average Bonchev–Trinajstić information content (AvgIpc) is 2.50. The molecule has 0 aliphatic heterocycles. The Morgan fingerprint density at radius 3 is 2.48 bits per heavy atom. The van der Waals surface area contributed by atoms with Gasteiger partial charge in [-0.1, -0.05) is 0 Å². The first-order chi connectivity index (χ1) is 10.2. The zero-order valence-corrected chi connectivity index (χ0v) is 12.3. The van der Waals surface area contributed by atoms with Crippen LogP contribution in [0.25, 0.3) is 11.3 Å². The lowest BCUT2D eigenvalue weighted by Gasteiger charge is -2.14. The molecular formula is C16H20N2O3. The van der Waals surface area contributed by atoms with Crippen molar-refractivity contribution in [2.24, 2.45) is 0 Å². The Bertz CT molecular complexity index is 648. The highest BCUT2D eigenvalue weighted by Gasteiger charge is 2.09. The number of nitrogens with two attached hydrogens (primary N) is 1. The van der Waals surface area contributed by atoms with Gasteiger partial charge in [0.15, 0.2) is 0 Å². The number of ether oxygens (including phenoxy) is 2. The Labute approximate surface area is 123 Å². The first kappa shape index (κ1) is 15.1. The maximum atomic E-state index is 12.2. The minimum absolute atomic E-state index is 0.196. The first-order valence-corrected chi connectivity index (χ1v) is 6.89. The summed E-state index contributed by atoms with van der Waals surface area (Å²) in [6.45, 7) is 3.48. The fourth-order valence-corrected chi connectivity index (χ4v) is 2.14. The van der Waals surface area contributed by atoms with E-state index in [1.807, 2.05) is 37.3 Å². The zero-order valence-electron chi connectivity index (χ0n) is 12.3. The first-order valence-electron chi connectivity index (χ1n) is 6.89. The highest BCUT2D eigenvalue weighted by molar-refractivity contribution is 5.62. The lowest BCUT2D eigenvalue weighted by atomic mass is 10.1. The molecule has 0 atom stereocenters. The van der Waals surface area contributed by atoms with Crippen LogP contribution in [-0.4, -0.2) is 24.9 Å². The fraction of sp³-hybridized carbons (Fsp3) is 0.312. The van der Waals surface area contributed by atoms with Gasteiger partial charge in [-0.3, -0.25) is 4.79 Å². The molecule has 0 spiro atoms. The van der Waals surface area contributed by atoms with E-state index in [0.717, 1.165) is 17.0 Å². The number of hydrogen-bond acceptors (Lipinski definition) is 4. The molecule has 2 N–H and O–H groups in total. The third-order valence-electron chi connectivity index (χ3n) is 3.18. The zero-order chi connectivity index (χ0) is 15.2. The third kappa shape index (κ3) is 3.44. The van der Waals surface area contributed by atoms with Gasteiger partial charge in [-0.2, -0.15) is 0 Å². The van der Waals surface area contributed by atoms with E-state index >= 15 is 0 Å². The molecule has 2 aromatic rings. The van der Waals surface area contributed by atoms with Crippen LogP contribution in [0.2, 0.25) is 0 Å². The number of nitrogen functional groups attached to an aromatic ring is 1. The quantitative estimate of drug-likeness (QED) is 0.884. The number of nitrogens with zero attached hydrogens (tertiary/aromatic N) is 1. The Balaban J connectivity index is 2.42. The number of benzene rings is 1. The molecule has 0 fully saturated rings. The van der Waals surface area contributed by atoms with Crippen LogP contribution in [0.1, 0.15) is 6.92 Å². The van der Waals surface area contributed by atoms with Crippen molar-refractivity contribution in [3.05, 3.63) is 46.8 Å². The Kier molecular flexibility index (Phi) is 5.00. The van der Waals surface area contributed by atoms with Crippen molar-refractivity contribution in [2.75, 3.05) is 26.1 Å². The lowest BCUT2D eigenvalue weighted by Crippen LogP contribution is -2.25. The van der Waals surface area contributed by atoms with E-state index < -0.39 is 0 Å². The summed E-state index contributed by atoms with van der Waals surface area (Å²) in [4.78, 5) is 12.2. The van der Waals surface area contributed by atoms with E-state index in [9.17, 15) is 4.79 Å². The number of aromatic nitrogens is 1. The summed E-state index contributed by atoms with van der Waals surface area (Å²) < 4.78 is 12.1.